The van der Waals surface area contributed by atoms with Gasteiger partial charge in [-0.25, -0.2) is 13.2 Å². The Morgan fingerprint density at radius 3 is 2.60 bits per heavy atom. The third kappa shape index (κ3) is 2.70. The number of aromatic amines is 1. The maximum atomic E-state index is 11.8. The summed E-state index contributed by atoms with van der Waals surface area (Å²) < 4.78 is 23.5. The first-order valence-electron chi connectivity index (χ1n) is 5.50. The van der Waals surface area contributed by atoms with Crippen LogP contribution in [0, 0.1) is 0 Å². The second kappa shape index (κ2) is 5.29. The van der Waals surface area contributed by atoms with Gasteiger partial charge in [0.25, 0.3) is 0 Å². The number of nitrogens with one attached hydrogen (secondary N) is 1. The number of aromatic carboxylic acids is 1. The Bertz CT molecular complexity index is 766. The third-order valence-electron chi connectivity index (χ3n) is 2.67. The van der Waals surface area contributed by atoms with Gasteiger partial charge in [0.05, 0.1) is 10.6 Å². The number of carbonyl (C=O) groups is 1. The number of H-pyrrole nitrogens is 1. The monoisotopic (exact) mass is 312 g/mol. The minimum Gasteiger partial charge on any atom is -0.477 e. The summed E-state index contributed by atoms with van der Waals surface area (Å²) >= 11 is 1.28. The lowest BCUT2D eigenvalue weighted by molar-refractivity contribution is 0.0690. The maximum absolute atomic E-state index is 11.8. The largest absolute Gasteiger partial charge is 0.477 e. The molecule has 0 aliphatic carbocycles. The van der Waals surface area contributed by atoms with Gasteiger partial charge >= 0.3 is 5.97 Å². The Kier molecular flexibility index (Phi) is 3.87. The molecule has 1 aromatic carbocycles. The molecule has 2 aromatic rings. The molecular weight excluding hydrogens is 300 g/mol. The first-order chi connectivity index (χ1) is 9.34. The Balaban J connectivity index is 2.65. The number of aromatic nitrogens is 2. The minimum atomic E-state index is -3.36. The number of sulfone groups is 1. The highest BCUT2D eigenvalue weighted by Gasteiger charge is 2.19. The lowest BCUT2D eigenvalue weighted by atomic mass is 10.1. The number of hydrogen-bond donors (Lipinski definition) is 2. The number of benzene rings is 1. The van der Waals surface area contributed by atoms with Crippen molar-refractivity contribution >= 4 is 27.6 Å². The second-order valence-electron chi connectivity index (χ2n) is 4.08. The van der Waals surface area contributed by atoms with Crippen LogP contribution in [0.25, 0.3) is 11.3 Å². The first-order valence-corrected chi connectivity index (χ1v) is 8.62. The van der Waals surface area contributed by atoms with Crippen LogP contribution >= 0.6 is 11.8 Å². The molecule has 2 rings (SSSR count). The fourth-order valence-electron chi connectivity index (χ4n) is 1.79. The van der Waals surface area contributed by atoms with Gasteiger partial charge in [-0.15, -0.1) is 11.8 Å². The summed E-state index contributed by atoms with van der Waals surface area (Å²) in [5.74, 6) is -1.12. The minimum absolute atomic E-state index is 0.0446. The average Bonchev–Trinajstić information content (AvgIpc) is 2.86. The molecule has 0 unspecified atom stereocenters. The van der Waals surface area contributed by atoms with Crippen molar-refractivity contribution in [1.82, 2.24) is 10.2 Å². The first kappa shape index (κ1) is 14.6. The fourth-order valence-corrected chi connectivity index (χ4v) is 3.93. The van der Waals surface area contributed by atoms with E-state index in [1.54, 1.807) is 18.4 Å². The van der Waals surface area contributed by atoms with Gasteiger partial charge < -0.3 is 5.11 Å². The molecule has 0 aliphatic rings. The lowest BCUT2D eigenvalue weighted by Crippen LogP contribution is -2.00. The maximum Gasteiger partial charge on any atom is 0.353 e. The molecular formula is C12H12N2O4S2. The molecule has 1 heterocycles. The van der Waals surface area contributed by atoms with Gasteiger partial charge in [0.1, 0.15) is 5.69 Å². The smallest absolute Gasteiger partial charge is 0.353 e. The van der Waals surface area contributed by atoms with Crippen LogP contribution in [-0.2, 0) is 9.84 Å². The molecule has 0 amide bonds. The van der Waals surface area contributed by atoms with Crippen LogP contribution in [0.1, 0.15) is 10.5 Å². The number of carboxylic acids is 1. The van der Waals surface area contributed by atoms with Crippen molar-refractivity contribution < 1.29 is 18.3 Å². The van der Waals surface area contributed by atoms with Crippen LogP contribution in [0.3, 0.4) is 0 Å². The second-order valence-corrected chi connectivity index (χ2v) is 6.88. The molecule has 1 aromatic heterocycles. The van der Waals surface area contributed by atoms with Crippen LogP contribution in [0.4, 0.5) is 0 Å². The highest BCUT2D eigenvalue weighted by Crippen LogP contribution is 2.34. The van der Waals surface area contributed by atoms with E-state index in [2.05, 4.69) is 10.2 Å². The zero-order valence-electron chi connectivity index (χ0n) is 10.7. The van der Waals surface area contributed by atoms with E-state index in [9.17, 15) is 13.2 Å². The Morgan fingerprint density at radius 1 is 1.40 bits per heavy atom. The predicted molar refractivity (Wildman–Crippen MR) is 75.9 cm³/mol. The molecule has 0 radical (unpaired) electrons. The Morgan fingerprint density at radius 2 is 2.10 bits per heavy atom. The molecule has 0 atom stereocenters. The summed E-state index contributed by atoms with van der Waals surface area (Å²) in [6, 6.07) is 6.22. The molecule has 0 fully saturated rings. The van der Waals surface area contributed by atoms with E-state index in [4.69, 9.17) is 5.11 Å². The number of hydrogen-bond acceptors (Lipinski definition) is 5. The van der Waals surface area contributed by atoms with Crippen LogP contribution < -0.4 is 0 Å². The topological polar surface area (TPSA) is 100 Å². The molecule has 20 heavy (non-hydrogen) atoms. The quantitative estimate of drug-likeness (QED) is 0.836. The number of carboxylic acid groups (broad SMARTS) is 1. The summed E-state index contributed by atoms with van der Waals surface area (Å²) in [5, 5.41) is 15.2. The zero-order valence-corrected chi connectivity index (χ0v) is 12.4. The van der Waals surface area contributed by atoms with E-state index in [1.165, 1.54) is 23.9 Å². The van der Waals surface area contributed by atoms with E-state index in [1.807, 2.05) is 0 Å². The van der Waals surface area contributed by atoms with Crippen molar-refractivity contribution in [2.45, 2.75) is 9.79 Å². The average molecular weight is 312 g/mol. The Labute approximate surface area is 120 Å². The standard InChI is InChI=1S/C12H12N2O4S2/c1-19-11-7(4-3-5-10(11)20(2,17)18)8-6-9(12(15)16)14-13-8/h3-6H,1-2H3,(H,13,14)(H,15,16). The fraction of sp³-hybridized carbons (Fsp3) is 0.167. The van der Waals surface area contributed by atoms with Gasteiger partial charge in [-0.1, -0.05) is 12.1 Å². The third-order valence-corrected chi connectivity index (χ3v) is 4.78. The predicted octanol–water partition coefficient (Wildman–Crippen LogP) is 1.90. The molecule has 0 aliphatic heterocycles. The van der Waals surface area contributed by atoms with Crippen molar-refractivity contribution in [3.05, 3.63) is 30.0 Å². The van der Waals surface area contributed by atoms with Gasteiger partial charge in [-0.05, 0) is 18.4 Å². The molecule has 2 N–H and O–H groups in total. The van der Waals surface area contributed by atoms with Crippen molar-refractivity contribution in [3.8, 4) is 11.3 Å². The van der Waals surface area contributed by atoms with E-state index < -0.39 is 15.8 Å². The van der Waals surface area contributed by atoms with E-state index in [0.29, 0.717) is 16.2 Å². The SMILES string of the molecule is CSc1c(-c2cc(C(=O)O)[nH]n2)cccc1S(C)(=O)=O. The van der Waals surface area contributed by atoms with Gasteiger partial charge in [-0.2, -0.15) is 5.10 Å². The summed E-state index contributed by atoms with van der Waals surface area (Å²) in [4.78, 5) is 11.6. The van der Waals surface area contributed by atoms with Gasteiger partial charge in [0, 0.05) is 16.7 Å². The molecule has 0 saturated carbocycles. The van der Waals surface area contributed by atoms with E-state index in [-0.39, 0.29) is 10.6 Å². The van der Waals surface area contributed by atoms with Crippen molar-refractivity contribution in [2.75, 3.05) is 12.5 Å². The molecule has 8 heteroatoms. The highest BCUT2D eigenvalue weighted by atomic mass is 32.2. The van der Waals surface area contributed by atoms with Crippen molar-refractivity contribution in [3.63, 3.8) is 0 Å². The summed E-state index contributed by atoms with van der Waals surface area (Å²) in [7, 11) is -3.36. The lowest BCUT2D eigenvalue weighted by Gasteiger charge is -2.09. The van der Waals surface area contributed by atoms with E-state index >= 15 is 0 Å². The van der Waals surface area contributed by atoms with Crippen molar-refractivity contribution in [1.29, 1.82) is 0 Å². The van der Waals surface area contributed by atoms with E-state index in [0.717, 1.165) is 6.26 Å². The molecule has 0 bridgehead atoms. The summed E-state index contributed by atoms with van der Waals surface area (Å²) in [5.41, 5.74) is 0.943. The van der Waals surface area contributed by atoms with Crippen LogP contribution in [-0.4, -0.2) is 42.2 Å². The summed E-state index contributed by atoms with van der Waals surface area (Å²) in [6.45, 7) is 0. The van der Waals surface area contributed by atoms with Crippen LogP contribution in [0.2, 0.25) is 0 Å². The number of nitrogens with zero attached hydrogens (tertiary/aromatic N) is 1. The summed E-state index contributed by atoms with van der Waals surface area (Å²) in [6.07, 6.45) is 2.90. The van der Waals surface area contributed by atoms with Crippen LogP contribution in [0.15, 0.2) is 34.1 Å². The zero-order chi connectivity index (χ0) is 14.9. The number of thioether (sulfide) groups is 1. The highest BCUT2D eigenvalue weighted by molar-refractivity contribution is 7.99. The Hall–Kier alpha value is -1.80. The molecule has 106 valence electrons. The van der Waals surface area contributed by atoms with Gasteiger partial charge in [-0.3, -0.25) is 5.10 Å². The van der Waals surface area contributed by atoms with Crippen LogP contribution in [0.5, 0.6) is 0 Å². The molecule has 6 nitrogen and oxygen atoms in total. The normalized spacial score (nSPS) is 11.5. The molecule has 0 saturated heterocycles. The molecule has 0 spiro atoms. The number of rotatable bonds is 4. The van der Waals surface area contributed by atoms with Crippen molar-refractivity contribution in [2.24, 2.45) is 0 Å². The van der Waals surface area contributed by atoms with Gasteiger partial charge in [0.15, 0.2) is 9.84 Å². The van der Waals surface area contributed by atoms with Gasteiger partial charge in [0.2, 0.25) is 0 Å².